The molecule has 0 aliphatic heterocycles. The predicted octanol–water partition coefficient (Wildman–Crippen LogP) is 2.39. The first-order valence-corrected chi connectivity index (χ1v) is 5.44. The van der Waals surface area contributed by atoms with Gasteiger partial charge in [-0.3, -0.25) is 0 Å². The lowest BCUT2D eigenvalue weighted by Crippen LogP contribution is -2.07. The molecule has 2 rings (SSSR count). The molecule has 6 heteroatoms. The molecule has 1 N–H and O–H groups in total. The lowest BCUT2D eigenvalue weighted by Gasteiger charge is -2.07. The number of nitrogens with one attached hydrogen (secondary N) is 1. The zero-order valence-corrected chi connectivity index (χ0v) is 10.5. The highest BCUT2D eigenvalue weighted by Gasteiger charge is 2.21. The number of aromatic nitrogens is 1. The Kier molecular flexibility index (Phi) is 3.25. The van der Waals surface area contributed by atoms with Gasteiger partial charge in [-0.05, 0) is 12.1 Å². The number of aromatic amines is 1. The van der Waals surface area contributed by atoms with Crippen LogP contribution in [0.4, 0.5) is 0 Å². The van der Waals surface area contributed by atoms with Crippen molar-refractivity contribution >= 4 is 34.4 Å². The summed E-state index contributed by atoms with van der Waals surface area (Å²) in [6.45, 7) is 0. The predicted molar refractivity (Wildman–Crippen MR) is 66.0 cm³/mol. The van der Waals surface area contributed by atoms with E-state index >= 15 is 0 Å². The van der Waals surface area contributed by atoms with Gasteiger partial charge in [0, 0.05) is 11.6 Å². The average molecular weight is 268 g/mol. The van der Waals surface area contributed by atoms with E-state index < -0.39 is 11.9 Å². The number of hydrogen-bond acceptors (Lipinski definition) is 4. The van der Waals surface area contributed by atoms with Crippen LogP contribution in [0.15, 0.2) is 18.3 Å². The number of carbonyl (C=O) groups excluding carboxylic acids is 2. The number of halogens is 1. The first-order valence-electron chi connectivity index (χ1n) is 5.06. The van der Waals surface area contributed by atoms with Crippen LogP contribution in [-0.4, -0.2) is 31.1 Å². The number of H-pyrrole nitrogens is 1. The lowest BCUT2D eigenvalue weighted by molar-refractivity contribution is 0.0590. The summed E-state index contributed by atoms with van der Waals surface area (Å²) in [7, 11) is 2.55. The fourth-order valence-corrected chi connectivity index (χ4v) is 2.07. The van der Waals surface area contributed by atoms with E-state index in [2.05, 4.69) is 14.5 Å². The van der Waals surface area contributed by atoms with Gasteiger partial charge in [-0.2, -0.15) is 0 Å². The SMILES string of the molecule is COC(=O)c1c(Cl)cc(C(=O)OC)c2[nH]ccc12. The number of benzene rings is 1. The van der Waals surface area contributed by atoms with Crippen molar-refractivity contribution in [2.45, 2.75) is 0 Å². The van der Waals surface area contributed by atoms with Gasteiger partial charge in [-0.15, -0.1) is 0 Å². The third-order valence-corrected chi connectivity index (χ3v) is 2.89. The summed E-state index contributed by atoms with van der Waals surface area (Å²) in [5.74, 6) is -1.08. The Hall–Kier alpha value is -2.01. The second-order valence-corrected chi connectivity index (χ2v) is 3.94. The fourth-order valence-electron chi connectivity index (χ4n) is 1.78. The Labute approximate surface area is 108 Å². The summed E-state index contributed by atoms with van der Waals surface area (Å²) in [5, 5.41) is 0.670. The minimum atomic E-state index is -0.555. The molecule has 0 amide bonds. The van der Waals surface area contributed by atoms with Gasteiger partial charge < -0.3 is 14.5 Å². The van der Waals surface area contributed by atoms with Crippen molar-refractivity contribution in [3.63, 3.8) is 0 Å². The molecule has 0 fully saturated rings. The topological polar surface area (TPSA) is 68.4 Å². The molecule has 0 aliphatic carbocycles. The third kappa shape index (κ3) is 1.82. The van der Waals surface area contributed by atoms with E-state index in [1.165, 1.54) is 20.3 Å². The van der Waals surface area contributed by atoms with Crippen LogP contribution < -0.4 is 0 Å². The Bertz CT molecular complexity index is 632. The lowest BCUT2D eigenvalue weighted by atomic mass is 10.1. The van der Waals surface area contributed by atoms with Crippen LogP contribution in [-0.2, 0) is 9.47 Å². The second-order valence-electron chi connectivity index (χ2n) is 3.53. The standard InChI is InChI=1S/C12H10ClNO4/c1-17-11(15)7-5-8(13)9(12(16)18-2)6-3-4-14-10(6)7/h3-5,14H,1-2H3. The quantitative estimate of drug-likeness (QED) is 0.849. The van der Waals surface area contributed by atoms with E-state index in [0.717, 1.165) is 0 Å². The molecule has 1 heterocycles. The zero-order valence-electron chi connectivity index (χ0n) is 9.74. The van der Waals surface area contributed by atoms with Crippen molar-refractivity contribution in [1.82, 2.24) is 4.98 Å². The molecule has 0 aliphatic rings. The normalized spacial score (nSPS) is 10.4. The molecule has 94 valence electrons. The molecule has 0 spiro atoms. The van der Waals surface area contributed by atoms with Gasteiger partial charge in [0.25, 0.3) is 0 Å². The van der Waals surface area contributed by atoms with Crippen LogP contribution in [0.2, 0.25) is 5.02 Å². The van der Waals surface area contributed by atoms with Crippen LogP contribution in [0.5, 0.6) is 0 Å². The third-order valence-electron chi connectivity index (χ3n) is 2.59. The highest BCUT2D eigenvalue weighted by Crippen LogP contribution is 2.29. The summed E-state index contributed by atoms with van der Waals surface area (Å²) in [4.78, 5) is 26.2. The molecular weight excluding hydrogens is 258 g/mol. The number of hydrogen-bond donors (Lipinski definition) is 1. The molecule has 0 saturated heterocycles. The monoisotopic (exact) mass is 267 g/mol. The van der Waals surface area contributed by atoms with Gasteiger partial charge in [0.2, 0.25) is 0 Å². The largest absolute Gasteiger partial charge is 0.465 e. The Morgan fingerprint density at radius 2 is 1.89 bits per heavy atom. The number of methoxy groups -OCH3 is 2. The molecule has 1 aromatic heterocycles. The van der Waals surface area contributed by atoms with Crippen LogP contribution in [0, 0.1) is 0 Å². The summed E-state index contributed by atoms with van der Waals surface area (Å²) < 4.78 is 9.33. The molecule has 0 saturated carbocycles. The Balaban J connectivity index is 2.78. The van der Waals surface area contributed by atoms with Gasteiger partial charge in [-0.25, -0.2) is 9.59 Å². The van der Waals surface area contributed by atoms with E-state index in [0.29, 0.717) is 10.9 Å². The minimum absolute atomic E-state index is 0.148. The van der Waals surface area contributed by atoms with Crippen LogP contribution in [0.1, 0.15) is 20.7 Å². The number of ether oxygens (including phenoxy) is 2. The van der Waals surface area contributed by atoms with E-state index in [1.54, 1.807) is 12.3 Å². The molecule has 0 bridgehead atoms. The van der Waals surface area contributed by atoms with Crippen LogP contribution in [0.25, 0.3) is 10.9 Å². The van der Waals surface area contributed by atoms with Gasteiger partial charge in [0.1, 0.15) is 0 Å². The fraction of sp³-hybridized carbons (Fsp3) is 0.167. The van der Waals surface area contributed by atoms with Crippen molar-refractivity contribution < 1.29 is 19.1 Å². The molecule has 0 atom stereocenters. The second kappa shape index (κ2) is 4.70. The average Bonchev–Trinajstić information content (AvgIpc) is 2.84. The number of esters is 2. The van der Waals surface area contributed by atoms with Crippen molar-refractivity contribution in [2.24, 2.45) is 0 Å². The number of fused-ring (bicyclic) bond motifs is 1. The van der Waals surface area contributed by atoms with Crippen LogP contribution in [0.3, 0.4) is 0 Å². The van der Waals surface area contributed by atoms with E-state index in [-0.39, 0.29) is 16.1 Å². The molecule has 18 heavy (non-hydrogen) atoms. The van der Waals surface area contributed by atoms with Gasteiger partial charge in [0.15, 0.2) is 0 Å². The summed E-state index contributed by atoms with van der Waals surface area (Å²) in [6, 6.07) is 3.04. The molecule has 0 unspecified atom stereocenters. The van der Waals surface area contributed by atoms with Crippen molar-refractivity contribution in [3.05, 3.63) is 34.5 Å². The highest BCUT2D eigenvalue weighted by molar-refractivity contribution is 6.36. The smallest absolute Gasteiger partial charge is 0.340 e. The van der Waals surface area contributed by atoms with Gasteiger partial charge >= 0.3 is 11.9 Å². The molecule has 0 radical (unpaired) electrons. The molecule has 1 aromatic carbocycles. The van der Waals surface area contributed by atoms with E-state index in [4.69, 9.17) is 11.6 Å². The number of rotatable bonds is 2. The maximum atomic E-state index is 11.7. The number of carbonyl (C=O) groups is 2. The van der Waals surface area contributed by atoms with E-state index in [1.807, 2.05) is 0 Å². The Morgan fingerprint density at radius 3 is 2.50 bits per heavy atom. The van der Waals surface area contributed by atoms with Crippen LogP contribution >= 0.6 is 11.6 Å². The molecule has 5 nitrogen and oxygen atoms in total. The minimum Gasteiger partial charge on any atom is -0.465 e. The maximum Gasteiger partial charge on any atom is 0.340 e. The van der Waals surface area contributed by atoms with E-state index in [9.17, 15) is 9.59 Å². The zero-order chi connectivity index (χ0) is 13.3. The van der Waals surface area contributed by atoms with Crippen molar-refractivity contribution in [2.75, 3.05) is 14.2 Å². The van der Waals surface area contributed by atoms with Gasteiger partial charge in [0.05, 0.1) is 35.9 Å². The highest BCUT2D eigenvalue weighted by atomic mass is 35.5. The molecule has 2 aromatic rings. The first kappa shape index (κ1) is 12.4. The van der Waals surface area contributed by atoms with Crippen molar-refractivity contribution in [1.29, 1.82) is 0 Å². The van der Waals surface area contributed by atoms with Crippen molar-refractivity contribution in [3.8, 4) is 0 Å². The Morgan fingerprint density at radius 1 is 1.22 bits per heavy atom. The van der Waals surface area contributed by atoms with Gasteiger partial charge in [-0.1, -0.05) is 11.6 Å². The summed E-state index contributed by atoms with van der Waals surface area (Å²) >= 11 is 6.02. The first-order chi connectivity index (χ1) is 8.60. The summed E-state index contributed by atoms with van der Waals surface area (Å²) in [6.07, 6.45) is 1.61. The molecular formula is C12H10ClNO4. The maximum absolute atomic E-state index is 11.7. The summed E-state index contributed by atoms with van der Waals surface area (Å²) in [5.41, 5.74) is 0.991.